The van der Waals surface area contributed by atoms with Crippen LogP contribution < -0.4 is 0 Å². The first-order valence-corrected chi connectivity index (χ1v) is 6.74. The molecule has 0 bridgehead atoms. The SMILES string of the molecule is CC(=O)C(O)(C(=O)Br)C(O)(C(C)=O)C(O)(C(C)=O)C(O)CO. The van der Waals surface area contributed by atoms with E-state index in [2.05, 4.69) is 15.9 Å². The lowest BCUT2D eigenvalue weighted by molar-refractivity contribution is -0.244. The maximum absolute atomic E-state index is 11.9. The van der Waals surface area contributed by atoms with Gasteiger partial charge in [-0.3, -0.25) is 19.2 Å². The van der Waals surface area contributed by atoms with Crippen molar-refractivity contribution in [1.82, 2.24) is 0 Å². The van der Waals surface area contributed by atoms with Gasteiger partial charge in [-0.1, -0.05) is 0 Å². The number of Topliss-reactive ketones (excluding diaryl/α,β-unsaturated/α-hetero) is 3. The van der Waals surface area contributed by atoms with Crippen LogP contribution >= 0.6 is 15.9 Å². The lowest BCUT2D eigenvalue weighted by atomic mass is 9.63. The summed E-state index contributed by atoms with van der Waals surface area (Å²) in [6, 6.07) is 0. The lowest BCUT2D eigenvalue weighted by Gasteiger charge is -2.48. The molecule has 0 aromatic carbocycles. The van der Waals surface area contributed by atoms with Crippen LogP contribution in [0, 0.1) is 0 Å². The molecule has 0 spiro atoms. The van der Waals surface area contributed by atoms with Crippen LogP contribution in [0.2, 0.25) is 0 Å². The van der Waals surface area contributed by atoms with Gasteiger partial charge in [0.15, 0.2) is 23.0 Å². The summed E-state index contributed by atoms with van der Waals surface area (Å²) in [5.41, 5.74) is -10.8. The number of carbonyl (C=O) groups is 4. The van der Waals surface area contributed by atoms with E-state index in [-0.39, 0.29) is 0 Å². The predicted molar refractivity (Wildman–Crippen MR) is 73.9 cm³/mol. The van der Waals surface area contributed by atoms with Gasteiger partial charge in [0.2, 0.25) is 15.9 Å². The molecule has 126 valence electrons. The first-order valence-electron chi connectivity index (χ1n) is 5.95. The predicted octanol–water partition coefficient (Wildman–Crippen LogP) is -2.78. The van der Waals surface area contributed by atoms with E-state index in [0.29, 0.717) is 20.8 Å². The minimum atomic E-state index is -3.74. The molecule has 0 aliphatic rings. The minimum absolute atomic E-state index is 0.585. The summed E-state index contributed by atoms with van der Waals surface area (Å²) in [7, 11) is 0. The van der Waals surface area contributed by atoms with E-state index in [1.165, 1.54) is 0 Å². The van der Waals surface area contributed by atoms with Crippen molar-refractivity contribution >= 4 is 38.0 Å². The van der Waals surface area contributed by atoms with Crippen molar-refractivity contribution < 1.29 is 44.7 Å². The number of aliphatic hydroxyl groups is 5. The first-order chi connectivity index (χ1) is 9.75. The van der Waals surface area contributed by atoms with Crippen molar-refractivity contribution in [2.75, 3.05) is 6.61 Å². The van der Waals surface area contributed by atoms with E-state index in [1.54, 1.807) is 0 Å². The van der Waals surface area contributed by atoms with Gasteiger partial charge in [0.1, 0.15) is 6.10 Å². The van der Waals surface area contributed by atoms with Gasteiger partial charge in [0.05, 0.1) is 6.61 Å². The van der Waals surface area contributed by atoms with Crippen LogP contribution in [0.1, 0.15) is 20.8 Å². The van der Waals surface area contributed by atoms with Crippen molar-refractivity contribution in [3.8, 4) is 0 Å². The second-order valence-corrected chi connectivity index (χ2v) is 5.55. The zero-order valence-electron chi connectivity index (χ0n) is 12.0. The molecule has 0 heterocycles. The van der Waals surface area contributed by atoms with Crippen LogP contribution in [0.5, 0.6) is 0 Å². The normalized spacial score (nSPS) is 21.0. The van der Waals surface area contributed by atoms with Gasteiger partial charge in [0.25, 0.3) is 0 Å². The number of carbonyl (C=O) groups excluding carboxylic acids is 4. The van der Waals surface area contributed by atoms with Crippen molar-refractivity contribution in [2.45, 2.75) is 43.7 Å². The third-order valence-corrected chi connectivity index (χ3v) is 4.14. The maximum Gasteiger partial charge on any atom is 0.240 e. The fourth-order valence-corrected chi connectivity index (χ4v) is 2.76. The Kier molecular flexibility index (Phi) is 6.29. The molecular formula is C12H17BrO9. The molecule has 0 saturated carbocycles. The molecule has 4 atom stereocenters. The van der Waals surface area contributed by atoms with E-state index < -0.39 is 51.6 Å². The average molecular weight is 385 g/mol. The van der Waals surface area contributed by atoms with Gasteiger partial charge in [0, 0.05) is 0 Å². The molecule has 0 amide bonds. The standard InChI is InChI=1S/C12H17BrO9/c1-5(15)10(20,8(18)4-14)12(22,7(3)17)11(21,6(2)16)9(13)19/h8,14,18,20-22H,4H2,1-3H3. The Balaban J connectivity index is 6.89. The second kappa shape index (κ2) is 6.60. The van der Waals surface area contributed by atoms with Crippen LogP contribution in [0.25, 0.3) is 0 Å². The molecule has 0 radical (unpaired) electrons. The summed E-state index contributed by atoms with van der Waals surface area (Å²) in [5, 5.41) is 49.8. The Bertz CT molecular complexity index is 503. The van der Waals surface area contributed by atoms with Crippen molar-refractivity contribution in [2.24, 2.45) is 0 Å². The van der Waals surface area contributed by atoms with Gasteiger partial charge in [-0.15, -0.1) is 0 Å². The molecular weight excluding hydrogens is 368 g/mol. The highest BCUT2D eigenvalue weighted by Gasteiger charge is 2.74. The minimum Gasteiger partial charge on any atom is -0.394 e. The van der Waals surface area contributed by atoms with Crippen molar-refractivity contribution in [1.29, 1.82) is 0 Å². The van der Waals surface area contributed by atoms with Crippen molar-refractivity contribution in [3.63, 3.8) is 0 Å². The summed E-state index contributed by atoms with van der Waals surface area (Å²) in [5.74, 6) is -4.49. The van der Waals surface area contributed by atoms with Crippen molar-refractivity contribution in [3.05, 3.63) is 0 Å². The number of aliphatic hydroxyl groups excluding tert-OH is 2. The molecule has 22 heavy (non-hydrogen) atoms. The maximum atomic E-state index is 11.9. The Morgan fingerprint density at radius 2 is 1.36 bits per heavy atom. The second-order valence-electron chi connectivity index (χ2n) is 4.83. The fraction of sp³-hybridized carbons (Fsp3) is 0.667. The number of hydrogen-bond acceptors (Lipinski definition) is 9. The molecule has 4 unspecified atom stereocenters. The highest BCUT2D eigenvalue weighted by molar-refractivity contribution is 9.18. The molecule has 0 aromatic heterocycles. The summed E-state index contributed by atoms with van der Waals surface area (Å²) in [6.45, 7) is 0.531. The average Bonchev–Trinajstić information content (AvgIpc) is 2.42. The summed E-state index contributed by atoms with van der Waals surface area (Å²) in [4.78, 5) is 46.8. The van der Waals surface area contributed by atoms with Crippen LogP contribution in [-0.4, -0.2) is 77.1 Å². The summed E-state index contributed by atoms with van der Waals surface area (Å²) >= 11 is 2.23. The van der Waals surface area contributed by atoms with E-state index in [1.807, 2.05) is 0 Å². The Morgan fingerprint density at radius 1 is 0.955 bits per heavy atom. The zero-order chi connectivity index (χ0) is 18.1. The molecule has 5 N–H and O–H groups in total. The summed E-state index contributed by atoms with van der Waals surface area (Å²) < 4.78 is -1.62. The third kappa shape index (κ3) is 2.55. The molecule has 0 aliphatic carbocycles. The Labute approximate surface area is 133 Å². The highest BCUT2D eigenvalue weighted by Crippen LogP contribution is 2.40. The number of hydrogen-bond donors (Lipinski definition) is 5. The summed E-state index contributed by atoms with van der Waals surface area (Å²) in [6.07, 6.45) is -2.46. The van der Waals surface area contributed by atoms with Gasteiger partial charge in [-0.2, -0.15) is 0 Å². The molecule has 9 nitrogen and oxygen atoms in total. The van der Waals surface area contributed by atoms with E-state index in [0.717, 1.165) is 0 Å². The highest BCUT2D eigenvalue weighted by atomic mass is 79.9. The lowest BCUT2D eigenvalue weighted by Crippen LogP contribution is -2.80. The smallest absolute Gasteiger partial charge is 0.240 e. The zero-order valence-corrected chi connectivity index (χ0v) is 13.6. The van der Waals surface area contributed by atoms with Gasteiger partial charge < -0.3 is 25.5 Å². The van der Waals surface area contributed by atoms with Crippen LogP contribution in [0.3, 0.4) is 0 Å². The number of ketones is 3. The molecule has 10 heteroatoms. The van der Waals surface area contributed by atoms with Crippen LogP contribution in [0.15, 0.2) is 0 Å². The first kappa shape index (κ1) is 21.0. The number of rotatable bonds is 8. The molecule has 0 aromatic rings. The Hall–Kier alpha value is -1.04. The van der Waals surface area contributed by atoms with Crippen LogP contribution in [0.4, 0.5) is 0 Å². The van der Waals surface area contributed by atoms with Crippen LogP contribution in [-0.2, 0) is 19.2 Å². The van der Waals surface area contributed by atoms with Gasteiger partial charge in [-0.25, -0.2) is 0 Å². The molecule has 0 rings (SSSR count). The van der Waals surface area contributed by atoms with Gasteiger partial charge in [-0.05, 0) is 36.7 Å². The quantitative estimate of drug-likeness (QED) is 0.219. The molecule has 0 fully saturated rings. The van der Waals surface area contributed by atoms with E-state index in [4.69, 9.17) is 5.11 Å². The fourth-order valence-electron chi connectivity index (χ4n) is 2.20. The molecule has 0 aliphatic heterocycles. The van der Waals surface area contributed by atoms with E-state index >= 15 is 0 Å². The monoisotopic (exact) mass is 384 g/mol. The number of halogens is 1. The van der Waals surface area contributed by atoms with E-state index in [9.17, 15) is 39.6 Å². The third-order valence-electron chi connectivity index (χ3n) is 3.57. The topological polar surface area (TPSA) is 169 Å². The van der Waals surface area contributed by atoms with Gasteiger partial charge >= 0.3 is 0 Å². The molecule has 0 saturated heterocycles. The Morgan fingerprint density at radius 3 is 1.55 bits per heavy atom. The largest absolute Gasteiger partial charge is 0.394 e.